The van der Waals surface area contributed by atoms with Crippen molar-refractivity contribution in [2.45, 2.75) is 80.6 Å². The van der Waals surface area contributed by atoms with E-state index >= 15 is 0 Å². The fraction of sp³-hybridized carbons (Fsp3) is 0.516. The average molecular weight is 515 g/mol. The van der Waals surface area contributed by atoms with Crippen LogP contribution in [0.5, 0.6) is 0 Å². The highest BCUT2D eigenvalue weighted by molar-refractivity contribution is 6.30. The number of carbonyl (C=O) groups is 1. The summed E-state index contributed by atoms with van der Waals surface area (Å²) in [6.07, 6.45) is 5.14. The Kier molecular flexibility index (Phi) is 12.0. The molecular formula is C31H44ClFN2O. The summed E-state index contributed by atoms with van der Waals surface area (Å²) < 4.78 is 14.3. The van der Waals surface area contributed by atoms with Gasteiger partial charge in [-0.15, -0.1) is 0 Å². The first-order chi connectivity index (χ1) is 17.3. The summed E-state index contributed by atoms with van der Waals surface area (Å²) in [6, 6.07) is 11.1. The third-order valence-corrected chi connectivity index (χ3v) is 6.97. The lowest BCUT2D eigenvalue weighted by Gasteiger charge is -2.39. The van der Waals surface area contributed by atoms with Crippen molar-refractivity contribution in [3.05, 3.63) is 75.2 Å². The van der Waals surface area contributed by atoms with Gasteiger partial charge in [0.25, 0.3) is 5.91 Å². The van der Waals surface area contributed by atoms with Crippen LogP contribution in [-0.4, -0.2) is 30.4 Å². The number of hydrogen-bond acceptors (Lipinski definition) is 2. The van der Waals surface area contributed by atoms with Gasteiger partial charge in [0.05, 0.1) is 5.56 Å². The van der Waals surface area contributed by atoms with Gasteiger partial charge in [0.2, 0.25) is 0 Å². The van der Waals surface area contributed by atoms with Gasteiger partial charge in [-0.3, -0.25) is 4.79 Å². The molecular weight excluding hydrogens is 471 g/mol. The number of benzene rings is 2. The van der Waals surface area contributed by atoms with Crippen LogP contribution in [0.15, 0.2) is 47.7 Å². The number of piperidine rings is 1. The second-order valence-corrected chi connectivity index (χ2v) is 9.75. The molecule has 2 aliphatic heterocycles. The molecule has 1 amide bonds. The first-order valence-electron chi connectivity index (χ1n) is 13.6. The summed E-state index contributed by atoms with van der Waals surface area (Å²) in [7, 11) is 0. The molecule has 0 aliphatic carbocycles. The Labute approximate surface area is 223 Å². The molecule has 2 heterocycles. The number of rotatable bonds is 3. The van der Waals surface area contributed by atoms with E-state index in [2.05, 4.69) is 30.9 Å². The Morgan fingerprint density at radius 1 is 0.944 bits per heavy atom. The van der Waals surface area contributed by atoms with E-state index in [4.69, 9.17) is 11.6 Å². The number of carbonyl (C=O) groups excluding carboxylic acids is 1. The number of likely N-dealkylation sites (tertiary alicyclic amines) is 1. The van der Waals surface area contributed by atoms with E-state index in [0.29, 0.717) is 19.0 Å². The van der Waals surface area contributed by atoms with Gasteiger partial charge in [-0.1, -0.05) is 50.9 Å². The highest BCUT2D eigenvalue weighted by Gasteiger charge is 2.31. The van der Waals surface area contributed by atoms with Crippen molar-refractivity contribution < 1.29 is 9.18 Å². The number of nitrogens with zero attached hydrogens (tertiary/aromatic N) is 2. The van der Waals surface area contributed by atoms with Crippen LogP contribution in [0.3, 0.4) is 0 Å². The number of aryl methyl sites for hydroxylation is 2. The molecule has 1 saturated heterocycles. The van der Waals surface area contributed by atoms with E-state index in [1.807, 2.05) is 45.6 Å². The fourth-order valence-electron chi connectivity index (χ4n) is 5.19. The molecule has 2 aliphatic rings. The van der Waals surface area contributed by atoms with E-state index in [1.165, 1.54) is 28.6 Å². The van der Waals surface area contributed by atoms with Crippen LogP contribution in [0, 0.1) is 18.7 Å². The second-order valence-electron chi connectivity index (χ2n) is 9.32. The zero-order valence-electron chi connectivity index (χ0n) is 23.3. The predicted molar refractivity (Wildman–Crippen MR) is 153 cm³/mol. The monoisotopic (exact) mass is 514 g/mol. The standard InChI is InChI=1S/C27H32ClFN2O.2C2H6/c1-18(2)26(31-13-5-4-6-21-17-22(28)8-10-25(21)31)20-11-14-30(15-12-20)27(32)23-9-7-19(3)16-24(23)29;2*1-2/h7-10,16-17,20H,4-6,11-15H2,1-3H3;2*1-2H3. The molecule has 1 fully saturated rings. The topological polar surface area (TPSA) is 23.6 Å². The van der Waals surface area contributed by atoms with Gasteiger partial charge in [-0.25, -0.2) is 4.39 Å². The van der Waals surface area contributed by atoms with Gasteiger partial charge >= 0.3 is 0 Å². The molecule has 2 aromatic carbocycles. The van der Waals surface area contributed by atoms with Crippen molar-refractivity contribution >= 4 is 23.2 Å². The highest BCUT2D eigenvalue weighted by atomic mass is 35.5. The average Bonchev–Trinajstić information content (AvgIpc) is 3.08. The number of hydrogen-bond donors (Lipinski definition) is 0. The van der Waals surface area contributed by atoms with Crippen LogP contribution < -0.4 is 4.90 Å². The zero-order chi connectivity index (χ0) is 26.8. The van der Waals surface area contributed by atoms with E-state index in [-0.39, 0.29) is 11.5 Å². The number of halogens is 2. The molecule has 3 nitrogen and oxygen atoms in total. The van der Waals surface area contributed by atoms with Crippen molar-refractivity contribution in [3.8, 4) is 0 Å². The van der Waals surface area contributed by atoms with E-state index in [1.54, 1.807) is 12.1 Å². The van der Waals surface area contributed by atoms with E-state index in [0.717, 1.165) is 49.2 Å². The number of fused-ring (bicyclic) bond motifs is 1. The lowest BCUT2D eigenvalue weighted by Crippen LogP contribution is -2.41. The van der Waals surface area contributed by atoms with Crippen molar-refractivity contribution in [2.24, 2.45) is 5.92 Å². The molecule has 0 N–H and O–H groups in total. The summed E-state index contributed by atoms with van der Waals surface area (Å²) >= 11 is 6.29. The van der Waals surface area contributed by atoms with E-state index < -0.39 is 5.82 Å². The molecule has 0 radical (unpaired) electrons. The van der Waals surface area contributed by atoms with Gasteiger partial charge in [-0.05, 0) is 94.3 Å². The third kappa shape index (κ3) is 7.12. The van der Waals surface area contributed by atoms with Crippen LogP contribution in [-0.2, 0) is 6.42 Å². The Hall–Kier alpha value is -2.33. The number of amides is 1. The van der Waals surface area contributed by atoms with Crippen molar-refractivity contribution in [1.29, 1.82) is 0 Å². The minimum atomic E-state index is -0.429. The minimum absolute atomic E-state index is 0.176. The fourth-order valence-corrected chi connectivity index (χ4v) is 5.39. The quantitative estimate of drug-likeness (QED) is 0.408. The van der Waals surface area contributed by atoms with Crippen LogP contribution in [0.1, 0.15) is 88.7 Å². The molecule has 0 unspecified atom stereocenters. The lowest BCUT2D eigenvalue weighted by molar-refractivity contribution is 0.0696. The number of anilines is 1. The third-order valence-electron chi connectivity index (χ3n) is 6.74. The maximum Gasteiger partial charge on any atom is 0.256 e. The smallest absolute Gasteiger partial charge is 0.256 e. The molecule has 0 spiro atoms. The highest BCUT2D eigenvalue weighted by Crippen LogP contribution is 2.37. The first-order valence-corrected chi connectivity index (χ1v) is 14.0. The van der Waals surface area contributed by atoms with Crippen LogP contribution in [0.25, 0.3) is 0 Å². The van der Waals surface area contributed by atoms with Crippen molar-refractivity contribution in [3.63, 3.8) is 0 Å². The van der Waals surface area contributed by atoms with Crippen LogP contribution >= 0.6 is 11.6 Å². The lowest BCUT2D eigenvalue weighted by atomic mass is 9.89. The molecule has 198 valence electrons. The van der Waals surface area contributed by atoms with E-state index in [9.17, 15) is 9.18 Å². The Bertz CT molecular complexity index is 1040. The molecule has 0 atom stereocenters. The van der Waals surface area contributed by atoms with Gasteiger partial charge in [0, 0.05) is 42.0 Å². The SMILES string of the molecule is CC.CC.CC(C)=C(C1CCN(C(=O)c2ccc(C)cc2F)CC1)N1CCCCc2cc(Cl)ccc21. The molecule has 4 rings (SSSR count). The minimum Gasteiger partial charge on any atom is -0.345 e. The maximum atomic E-state index is 14.3. The van der Waals surface area contributed by atoms with Crippen molar-refractivity contribution in [1.82, 2.24) is 4.90 Å². The van der Waals surface area contributed by atoms with Crippen LogP contribution in [0.4, 0.5) is 10.1 Å². The summed E-state index contributed by atoms with van der Waals surface area (Å²) in [5, 5.41) is 0.791. The number of allylic oxidation sites excluding steroid dienone is 2. The van der Waals surface area contributed by atoms with Crippen molar-refractivity contribution in [2.75, 3.05) is 24.5 Å². The Balaban J connectivity index is 0.00000109. The second kappa shape index (κ2) is 14.4. The van der Waals surface area contributed by atoms with Gasteiger partial charge < -0.3 is 9.80 Å². The summed E-state index contributed by atoms with van der Waals surface area (Å²) in [5.74, 6) is -0.245. The molecule has 0 saturated carbocycles. The molecule has 5 heteroatoms. The predicted octanol–water partition coefficient (Wildman–Crippen LogP) is 8.83. The maximum absolute atomic E-state index is 14.3. The zero-order valence-corrected chi connectivity index (χ0v) is 24.0. The van der Waals surface area contributed by atoms with Gasteiger partial charge in [0.1, 0.15) is 5.82 Å². The molecule has 0 bridgehead atoms. The first kappa shape index (κ1) is 29.9. The van der Waals surface area contributed by atoms with Crippen LogP contribution in [0.2, 0.25) is 5.02 Å². The molecule has 0 aromatic heterocycles. The largest absolute Gasteiger partial charge is 0.345 e. The summed E-state index contributed by atoms with van der Waals surface area (Å²) in [4.78, 5) is 17.2. The molecule has 2 aromatic rings. The Morgan fingerprint density at radius 2 is 1.61 bits per heavy atom. The molecule has 36 heavy (non-hydrogen) atoms. The normalized spacial score (nSPS) is 15.5. The summed E-state index contributed by atoms with van der Waals surface area (Å²) in [6.45, 7) is 16.5. The Morgan fingerprint density at radius 3 is 2.22 bits per heavy atom. The summed E-state index contributed by atoms with van der Waals surface area (Å²) in [5.41, 5.74) is 6.28. The van der Waals surface area contributed by atoms with Gasteiger partial charge in [-0.2, -0.15) is 0 Å². The van der Waals surface area contributed by atoms with Gasteiger partial charge in [0.15, 0.2) is 0 Å².